The maximum absolute atomic E-state index is 12.8. The van der Waals surface area contributed by atoms with Gasteiger partial charge in [0.25, 0.3) is 0 Å². The summed E-state index contributed by atoms with van der Waals surface area (Å²) in [6.07, 6.45) is 57.4. The molecule has 0 aliphatic heterocycles. The minimum Gasteiger partial charge on any atom is -0.462 e. The second-order valence-corrected chi connectivity index (χ2v) is 18.1. The fourth-order valence-corrected chi connectivity index (χ4v) is 7.85. The zero-order valence-corrected chi connectivity index (χ0v) is 40.9. The molecule has 0 aliphatic carbocycles. The molecule has 0 rings (SSSR count). The molecule has 6 nitrogen and oxygen atoms in total. The van der Waals surface area contributed by atoms with Gasteiger partial charge in [-0.3, -0.25) is 14.4 Å². The van der Waals surface area contributed by atoms with Crippen LogP contribution >= 0.6 is 0 Å². The Labute approximate surface area is 379 Å². The van der Waals surface area contributed by atoms with Gasteiger partial charge in [-0.05, 0) is 64.2 Å². The Balaban J connectivity index is 4.27. The van der Waals surface area contributed by atoms with Crippen molar-refractivity contribution < 1.29 is 28.6 Å². The van der Waals surface area contributed by atoms with Gasteiger partial charge in [0, 0.05) is 19.3 Å². The molecule has 0 amide bonds. The molecule has 0 radical (unpaired) electrons. The van der Waals surface area contributed by atoms with Gasteiger partial charge >= 0.3 is 17.9 Å². The molecule has 6 heteroatoms. The van der Waals surface area contributed by atoms with Crippen molar-refractivity contribution in [1.29, 1.82) is 0 Å². The summed E-state index contributed by atoms with van der Waals surface area (Å²) in [5.74, 6) is -0.870. The number of allylic oxidation sites excluding steroid dienone is 4. The van der Waals surface area contributed by atoms with Gasteiger partial charge in [-0.2, -0.15) is 0 Å². The largest absolute Gasteiger partial charge is 0.462 e. The first-order valence-electron chi connectivity index (χ1n) is 26.8. The van der Waals surface area contributed by atoms with Crippen molar-refractivity contribution in [1.82, 2.24) is 0 Å². The average molecular weight is 859 g/mol. The maximum atomic E-state index is 12.8. The Bertz CT molecular complexity index is 989. The highest BCUT2D eigenvalue weighted by Gasteiger charge is 2.19. The van der Waals surface area contributed by atoms with Crippen molar-refractivity contribution in [3.05, 3.63) is 24.3 Å². The summed E-state index contributed by atoms with van der Waals surface area (Å²) >= 11 is 0. The summed E-state index contributed by atoms with van der Waals surface area (Å²) in [6, 6.07) is 0. The van der Waals surface area contributed by atoms with Gasteiger partial charge in [-0.1, -0.05) is 231 Å². The quantitative estimate of drug-likeness (QED) is 0.0262. The SMILES string of the molecule is CCC/C=C\CCCCCCCC(=O)OCC(COC(=O)CCCCCCCCCCC/C=C\CCCCCCCC)OC(=O)CCCCCCCCCCCCCCCC. The zero-order valence-electron chi connectivity index (χ0n) is 40.9. The summed E-state index contributed by atoms with van der Waals surface area (Å²) < 4.78 is 16.8. The van der Waals surface area contributed by atoms with E-state index in [9.17, 15) is 14.4 Å². The highest BCUT2D eigenvalue weighted by molar-refractivity contribution is 5.71. The molecule has 0 saturated heterocycles. The molecule has 61 heavy (non-hydrogen) atoms. The summed E-state index contributed by atoms with van der Waals surface area (Å²) in [7, 11) is 0. The van der Waals surface area contributed by atoms with Crippen LogP contribution in [0.4, 0.5) is 0 Å². The molecule has 1 atom stereocenters. The lowest BCUT2D eigenvalue weighted by atomic mass is 10.0. The summed E-state index contributed by atoms with van der Waals surface area (Å²) in [6.45, 7) is 6.60. The second-order valence-electron chi connectivity index (χ2n) is 18.1. The molecular weight excluding hydrogens is 757 g/mol. The van der Waals surface area contributed by atoms with Gasteiger partial charge in [-0.15, -0.1) is 0 Å². The fraction of sp³-hybridized carbons (Fsp3) is 0.873. The molecule has 358 valence electrons. The van der Waals surface area contributed by atoms with Crippen molar-refractivity contribution >= 4 is 17.9 Å². The van der Waals surface area contributed by atoms with Crippen LogP contribution in [0, 0.1) is 0 Å². The first-order chi connectivity index (χ1) is 30.0. The third kappa shape index (κ3) is 48.8. The van der Waals surface area contributed by atoms with Crippen LogP contribution in [0.25, 0.3) is 0 Å². The Morgan fingerprint density at radius 2 is 0.574 bits per heavy atom. The summed E-state index contributed by atoms with van der Waals surface area (Å²) in [5.41, 5.74) is 0. The molecule has 0 aromatic heterocycles. The molecule has 0 heterocycles. The molecule has 0 aliphatic rings. The van der Waals surface area contributed by atoms with Crippen molar-refractivity contribution in [3.8, 4) is 0 Å². The summed E-state index contributed by atoms with van der Waals surface area (Å²) in [4.78, 5) is 37.9. The molecule has 0 spiro atoms. The van der Waals surface area contributed by atoms with E-state index in [1.807, 2.05) is 0 Å². The molecule has 1 unspecified atom stereocenters. The Hall–Kier alpha value is -2.11. The van der Waals surface area contributed by atoms with Crippen molar-refractivity contribution in [3.63, 3.8) is 0 Å². The van der Waals surface area contributed by atoms with Gasteiger partial charge < -0.3 is 14.2 Å². The van der Waals surface area contributed by atoms with E-state index in [1.54, 1.807) is 0 Å². The van der Waals surface area contributed by atoms with E-state index >= 15 is 0 Å². The van der Waals surface area contributed by atoms with Crippen molar-refractivity contribution in [2.24, 2.45) is 0 Å². The molecule has 0 bridgehead atoms. The van der Waals surface area contributed by atoms with Gasteiger partial charge in [0.05, 0.1) is 0 Å². The van der Waals surface area contributed by atoms with E-state index in [-0.39, 0.29) is 31.1 Å². The second kappa shape index (κ2) is 50.5. The Morgan fingerprint density at radius 3 is 0.885 bits per heavy atom. The zero-order chi connectivity index (χ0) is 44.4. The van der Waals surface area contributed by atoms with Crippen molar-refractivity contribution in [2.75, 3.05) is 13.2 Å². The van der Waals surface area contributed by atoms with Crippen molar-refractivity contribution in [2.45, 2.75) is 297 Å². The minimum atomic E-state index is -0.770. The van der Waals surface area contributed by atoms with E-state index in [4.69, 9.17) is 14.2 Å². The lowest BCUT2D eigenvalue weighted by molar-refractivity contribution is -0.167. The minimum absolute atomic E-state index is 0.0712. The third-order valence-corrected chi connectivity index (χ3v) is 11.9. The monoisotopic (exact) mass is 859 g/mol. The molecular formula is C55H102O6. The number of unbranched alkanes of at least 4 members (excludes halogenated alkanes) is 34. The first kappa shape index (κ1) is 58.9. The normalized spacial score (nSPS) is 12.1. The van der Waals surface area contributed by atoms with Crippen LogP contribution in [0.5, 0.6) is 0 Å². The standard InChI is InChI=1S/C55H102O6/c1-4-7-10-13-16-19-22-24-26-27-28-29-30-32-33-36-39-42-45-48-54(57)60-51-52(50-59-53(56)47-44-41-38-35-21-18-15-12-9-6-3)61-55(58)49-46-43-40-37-34-31-25-23-20-17-14-11-8-5-2/h12,15,24,26,52H,4-11,13-14,16-23,25,27-51H2,1-3H3/b15-12-,26-24-. The van der Waals surface area contributed by atoms with Crippen LogP contribution in [0.15, 0.2) is 24.3 Å². The van der Waals surface area contributed by atoms with Gasteiger partial charge in [-0.25, -0.2) is 0 Å². The number of carbonyl (C=O) groups excluding carboxylic acids is 3. The van der Waals surface area contributed by atoms with E-state index in [2.05, 4.69) is 45.1 Å². The van der Waals surface area contributed by atoms with E-state index in [0.29, 0.717) is 19.3 Å². The predicted octanol–water partition coefficient (Wildman–Crippen LogP) is 17.5. The molecule has 0 fully saturated rings. The van der Waals surface area contributed by atoms with Crippen LogP contribution in [0.3, 0.4) is 0 Å². The van der Waals surface area contributed by atoms with Gasteiger partial charge in [0.2, 0.25) is 0 Å². The average Bonchev–Trinajstić information content (AvgIpc) is 3.26. The topological polar surface area (TPSA) is 78.9 Å². The van der Waals surface area contributed by atoms with Crippen LogP contribution in [0.1, 0.15) is 290 Å². The maximum Gasteiger partial charge on any atom is 0.306 e. The van der Waals surface area contributed by atoms with Gasteiger partial charge in [0.1, 0.15) is 13.2 Å². The number of ether oxygens (including phenoxy) is 3. The smallest absolute Gasteiger partial charge is 0.306 e. The summed E-state index contributed by atoms with van der Waals surface area (Å²) in [5, 5.41) is 0. The molecule has 0 N–H and O–H groups in total. The Kier molecular flexibility index (Phi) is 48.8. The molecule has 0 aromatic rings. The van der Waals surface area contributed by atoms with E-state index < -0.39 is 6.10 Å². The third-order valence-electron chi connectivity index (χ3n) is 11.9. The highest BCUT2D eigenvalue weighted by Crippen LogP contribution is 2.16. The number of carbonyl (C=O) groups is 3. The van der Waals surface area contributed by atoms with Crippen LogP contribution < -0.4 is 0 Å². The van der Waals surface area contributed by atoms with Crippen LogP contribution in [-0.2, 0) is 28.6 Å². The van der Waals surface area contributed by atoms with E-state index in [0.717, 1.165) is 70.6 Å². The highest BCUT2D eigenvalue weighted by atomic mass is 16.6. The number of esters is 3. The van der Waals surface area contributed by atoms with Gasteiger partial charge in [0.15, 0.2) is 6.10 Å². The fourth-order valence-electron chi connectivity index (χ4n) is 7.85. The number of hydrogen-bond acceptors (Lipinski definition) is 6. The Morgan fingerprint density at radius 1 is 0.311 bits per heavy atom. The lowest BCUT2D eigenvalue weighted by Gasteiger charge is -2.18. The lowest BCUT2D eigenvalue weighted by Crippen LogP contribution is -2.30. The molecule has 0 aromatic carbocycles. The van der Waals surface area contributed by atoms with E-state index in [1.165, 1.54) is 180 Å². The number of hydrogen-bond donors (Lipinski definition) is 0. The number of rotatable bonds is 49. The van der Waals surface area contributed by atoms with Crippen LogP contribution in [-0.4, -0.2) is 37.2 Å². The first-order valence-corrected chi connectivity index (χ1v) is 26.8. The van der Waals surface area contributed by atoms with Crippen LogP contribution in [0.2, 0.25) is 0 Å². The molecule has 0 saturated carbocycles. The predicted molar refractivity (Wildman–Crippen MR) is 261 cm³/mol.